The highest BCUT2D eigenvalue weighted by Gasteiger charge is 2.32. The predicted octanol–water partition coefficient (Wildman–Crippen LogP) is 5.14. The summed E-state index contributed by atoms with van der Waals surface area (Å²) in [7, 11) is -4.12. The number of aryl methyl sites for hydroxylation is 2. The lowest BCUT2D eigenvalue weighted by atomic mass is 10.1. The van der Waals surface area contributed by atoms with Gasteiger partial charge in [-0.2, -0.15) is 0 Å². The summed E-state index contributed by atoms with van der Waals surface area (Å²) in [6, 6.07) is 20.2. The quantitative estimate of drug-likeness (QED) is 0.327. The highest BCUT2D eigenvalue weighted by Crippen LogP contribution is 2.29. The van der Waals surface area contributed by atoms with Gasteiger partial charge in [-0.1, -0.05) is 66.6 Å². The number of carbonyl (C=O) groups is 2. The number of sulfonamides is 1. The molecule has 0 spiro atoms. The van der Waals surface area contributed by atoms with Crippen LogP contribution in [-0.4, -0.2) is 50.8 Å². The lowest BCUT2D eigenvalue weighted by molar-refractivity contribution is -0.138. The average Bonchev–Trinajstić information content (AvgIpc) is 2.91. The van der Waals surface area contributed by atoms with Gasteiger partial charge in [0.25, 0.3) is 10.0 Å². The molecular formula is C30H36ClN3O4S. The zero-order valence-corrected chi connectivity index (χ0v) is 24.4. The van der Waals surface area contributed by atoms with Crippen molar-refractivity contribution in [3.63, 3.8) is 0 Å². The van der Waals surface area contributed by atoms with Crippen LogP contribution in [0.2, 0.25) is 5.02 Å². The first-order valence-corrected chi connectivity index (χ1v) is 14.8. The van der Waals surface area contributed by atoms with Crippen LogP contribution < -0.4 is 9.62 Å². The van der Waals surface area contributed by atoms with Crippen LogP contribution in [0, 0.1) is 13.8 Å². The van der Waals surface area contributed by atoms with Crippen LogP contribution in [0.15, 0.2) is 77.7 Å². The van der Waals surface area contributed by atoms with Crippen molar-refractivity contribution in [2.24, 2.45) is 0 Å². The van der Waals surface area contributed by atoms with E-state index in [1.165, 1.54) is 17.0 Å². The van der Waals surface area contributed by atoms with E-state index in [9.17, 15) is 18.0 Å². The van der Waals surface area contributed by atoms with Crippen molar-refractivity contribution in [1.29, 1.82) is 0 Å². The molecule has 3 aromatic carbocycles. The summed E-state index contributed by atoms with van der Waals surface area (Å²) >= 11 is 6.16. The normalized spacial score (nSPS) is 12.0. The van der Waals surface area contributed by atoms with E-state index >= 15 is 0 Å². The van der Waals surface area contributed by atoms with E-state index in [0.29, 0.717) is 29.2 Å². The van der Waals surface area contributed by atoms with Gasteiger partial charge in [-0.05, 0) is 75.1 Å². The molecule has 7 nitrogen and oxygen atoms in total. The number of anilines is 1. The highest BCUT2D eigenvalue weighted by atomic mass is 35.5. The van der Waals surface area contributed by atoms with Crippen molar-refractivity contribution >= 4 is 39.1 Å². The Kier molecular flexibility index (Phi) is 10.5. The molecule has 0 unspecified atom stereocenters. The van der Waals surface area contributed by atoms with Crippen molar-refractivity contribution in [3.05, 3.63) is 94.5 Å². The van der Waals surface area contributed by atoms with E-state index in [-0.39, 0.29) is 17.3 Å². The molecule has 0 aromatic heterocycles. The topological polar surface area (TPSA) is 86.8 Å². The van der Waals surface area contributed by atoms with Crippen LogP contribution in [0.1, 0.15) is 37.0 Å². The maximum atomic E-state index is 13.9. The van der Waals surface area contributed by atoms with Gasteiger partial charge in [0.2, 0.25) is 11.8 Å². The Balaban J connectivity index is 2.00. The Hall–Kier alpha value is -3.36. The molecule has 0 aliphatic heterocycles. The zero-order chi connectivity index (χ0) is 28.6. The summed E-state index contributed by atoms with van der Waals surface area (Å²) in [6.45, 7) is 7.50. The van der Waals surface area contributed by atoms with Gasteiger partial charge in [0.15, 0.2) is 0 Å². The van der Waals surface area contributed by atoms with Crippen LogP contribution in [0.4, 0.5) is 5.69 Å². The first kappa shape index (κ1) is 30.2. The van der Waals surface area contributed by atoms with Crippen LogP contribution in [-0.2, 0) is 26.0 Å². The molecule has 1 N–H and O–H groups in total. The van der Waals surface area contributed by atoms with Gasteiger partial charge in [-0.3, -0.25) is 13.9 Å². The van der Waals surface area contributed by atoms with Gasteiger partial charge < -0.3 is 10.2 Å². The van der Waals surface area contributed by atoms with Crippen LogP contribution in [0.5, 0.6) is 0 Å². The number of halogens is 1. The van der Waals surface area contributed by atoms with Gasteiger partial charge in [-0.15, -0.1) is 0 Å². The van der Waals surface area contributed by atoms with Crippen LogP contribution >= 0.6 is 11.6 Å². The second-order valence-corrected chi connectivity index (χ2v) is 11.8. The largest absolute Gasteiger partial charge is 0.354 e. The third kappa shape index (κ3) is 7.83. The van der Waals surface area contributed by atoms with Crippen molar-refractivity contribution in [2.45, 2.75) is 51.5 Å². The van der Waals surface area contributed by atoms with Crippen LogP contribution in [0.25, 0.3) is 0 Å². The van der Waals surface area contributed by atoms with E-state index < -0.39 is 28.5 Å². The molecule has 0 saturated carbocycles. The summed E-state index contributed by atoms with van der Waals surface area (Å²) in [5.41, 5.74) is 2.88. The van der Waals surface area contributed by atoms with E-state index in [0.717, 1.165) is 21.9 Å². The predicted molar refractivity (Wildman–Crippen MR) is 157 cm³/mol. The van der Waals surface area contributed by atoms with Crippen LogP contribution in [0.3, 0.4) is 0 Å². The molecule has 3 rings (SSSR count). The Labute approximate surface area is 236 Å². The molecule has 9 heteroatoms. The number of benzene rings is 3. The Bertz CT molecular complexity index is 1380. The summed E-state index contributed by atoms with van der Waals surface area (Å²) < 4.78 is 28.9. The Morgan fingerprint density at radius 1 is 0.974 bits per heavy atom. The summed E-state index contributed by atoms with van der Waals surface area (Å²) in [5.74, 6) is -0.760. The number of nitrogens with zero attached hydrogens (tertiary/aromatic N) is 2. The van der Waals surface area contributed by atoms with Crippen molar-refractivity contribution < 1.29 is 18.0 Å². The smallest absolute Gasteiger partial charge is 0.264 e. The number of amides is 2. The van der Waals surface area contributed by atoms with Gasteiger partial charge in [0.05, 0.1) is 10.6 Å². The molecule has 0 aliphatic carbocycles. The lowest BCUT2D eigenvalue weighted by Gasteiger charge is -2.32. The maximum absolute atomic E-state index is 13.9. The molecule has 0 aliphatic rings. The van der Waals surface area contributed by atoms with E-state index in [4.69, 9.17) is 11.6 Å². The molecule has 3 aromatic rings. The summed E-state index contributed by atoms with van der Waals surface area (Å²) in [6.07, 6.45) is 1.28. The SMILES string of the molecule is CCCNC(=O)[C@H](C)N(CCc1ccccc1)C(=O)CN(c1ccc(Cl)cc1C)S(=O)(=O)c1ccc(C)cc1. The molecule has 2 amide bonds. The third-order valence-electron chi connectivity index (χ3n) is 6.52. The first-order valence-electron chi connectivity index (χ1n) is 13.0. The minimum absolute atomic E-state index is 0.0693. The van der Waals surface area contributed by atoms with Gasteiger partial charge in [-0.25, -0.2) is 8.42 Å². The van der Waals surface area contributed by atoms with E-state index in [1.807, 2.05) is 44.2 Å². The number of rotatable bonds is 12. The molecule has 1 atom stereocenters. The molecular weight excluding hydrogens is 534 g/mol. The first-order chi connectivity index (χ1) is 18.5. The average molecular weight is 570 g/mol. The molecule has 0 radical (unpaired) electrons. The lowest BCUT2D eigenvalue weighted by Crippen LogP contribution is -2.52. The fraction of sp³-hybridized carbons (Fsp3) is 0.333. The van der Waals surface area contributed by atoms with Gasteiger partial charge in [0.1, 0.15) is 12.6 Å². The molecule has 208 valence electrons. The molecule has 0 heterocycles. The molecule has 0 bridgehead atoms. The van der Waals surface area contributed by atoms with Crippen molar-refractivity contribution in [1.82, 2.24) is 10.2 Å². The molecule has 0 fully saturated rings. The van der Waals surface area contributed by atoms with E-state index in [1.54, 1.807) is 44.2 Å². The minimum atomic E-state index is -4.12. The number of hydrogen-bond donors (Lipinski definition) is 1. The standard InChI is InChI=1S/C30H36ClN3O4S/c1-5-18-32-30(36)24(4)33(19-17-25-9-7-6-8-10-25)29(35)21-34(28-16-13-26(31)20-23(28)3)39(37,38)27-14-11-22(2)12-15-27/h6-16,20,24H,5,17-19,21H2,1-4H3,(H,32,36)/t24-/m0/s1. The summed E-state index contributed by atoms with van der Waals surface area (Å²) in [5, 5.41) is 3.31. The highest BCUT2D eigenvalue weighted by molar-refractivity contribution is 7.92. The third-order valence-corrected chi connectivity index (χ3v) is 8.53. The Morgan fingerprint density at radius 2 is 1.64 bits per heavy atom. The Morgan fingerprint density at radius 3 is 2.26 bits per heavy atom. The second-order valence-electron chi connectivity index (χ2n) is 9.55. The van der Waals surface area contributed by atoms with Gasteiger partial charge >= 0.3 is 0 Å². The maximum Gasteiger partial charge on any atom is 0.264 e. The molecule has 39 heavy (non-hydrogen) atoms. The van der Waals surface area contributed by atoms with Crippen molar-refractivity contribution in [2.75, 3.05) is 23.9 Å². The minimum Gasteiger partial charge on any atom is -0.354 e. The summed E-state index contributed by atoms with van der Waals surface area (Å²) in [4.78, 5) is 28.3. The number of nitrogens with one attached hydrogen (secondary N) is 1. The fourth-order valence-corrected chi connectivity index (χ4v) is 5.92. The fourth-order valence-electron chi connectivity index (χ4n) is 4.22. The molecule has 0 saturated heterocycles. The van der Waals surface area contributed by atoms with Gasteiger partial charge in [0, 0.05) is 18.1 Å². The van der Waals surface area contributed by atoms with E-state index in [2.05, 4.69) is 5.32 Å². The van der Waals surface area contributed by atoms with Crippen molar-refractivity contribution in [3.8, 4) is 0 Å². The number of hydrogen-bond acceptors (Lipinski definition) is 4. The zero-order valence-electron chi connectivity index (χ0n) is 22.9. The monoisotopic (exact) mass is 569 g/mol. The number of carbonyl (C=O) groups excluding carboxylic acids is 2. The second kappa shape index (κ2) is 13.6.